The van der Waals surface area contributed by atoms with E-state index in [4.69, 9.17) is 9.47 Å². The second-order valence-electron chi connectivity index (χ2n) is 15.1. The summed E-state index contributed by atoms with van der Waals surface area (Å²) in [6, 6.07) is 33.9. The molecule has 9 rings (SSSR count). The molecule has 6 atom stereocenters. The van der Waals surface area contributed by atoms with Crippen LogP contribution in [0, 0.1) is 23.7 Å². The lowest BCUT2D eigenvalue weighted by Crippen LogP contribution is -2.58. The van der Waals surface area contributed by atoms with Crippen LogP contribution in [0.5, 0.6) is 5.75 Å². The number of rotatable bonds is 8. The van der Waals surface area contributed by atoms with Crippen LogP contribution in [0.3, 0.4) is 0 Å². The number of hydrogen-bond donors (Lipinski definition) is 1. The van der Waals surface area contributed by atoms with Crippen molar-refractivity contribution in [3.8, 4) is 5.75 Å². The highest BCUT2D eigenvalue weighted by atomic mass is 16.5. The summed E-state index contributed by atoms with van der Waals surface area (Å²) >= 11 is 0. The minimum absolute atomic E-state index is 0.130. The van der Waals surface area contributed by atoms with Crippen molar-refractivity contribution >= 4 is 40.3 Å². The Morgan fingerprint density at radius 3 is 2.13 bits per heavy atom. The van der Waals surface area contributed by atoms with Gasteiger partial charge in [-0.25, -0.2) is 0 Å². The normalized spacial score (nSPS) is 27.5. The third kappa shape index (κ3) is 5.67. The Kier molecular flexibility index (Phi) is 9.07. The van der Waals surface area contributed by atoms with Gasteiger partial charge in [-0.05, 0) is 77.9 Å². The fraction of sp³-hybridized carbons (Fsp3) is 0.304. The highest BCUT2D eigenvalue weighted by Crippen LogP contribution is 2.63. The summed E-state index contributed by atoms with van der Waals surface area (Å²) in [5, 5.41) is 9.37. The summed E-state index contributed by atoms with van der Waals surface area (Å²) in [4.78, 5) is 63.0. The molecule has 4 aromatic carbocycles. The monoisotopic (exact) mass is 734 g/mol. The quantitative estimate of drug-likeness (QED) is 0.175. The smallest absolute Gasteiger partial charge is 0.238 e. The van der Waals surface area contributed by atoms with Crippen molar-refractivity contribution in [3.63, 3.8) is 0 Å². The summed E-state index contributed by atoms with van der Waals surface area (Å²) in [5.41, 5.74) is 3.74. The third-order valence-electron chi connectivity index (χ3n) is 12.4. The number of amides is 2. The van der Waals surface area contributed by atoms with Crippen LogP contribution < -0.4 is 14.5 Å². The van der Waals surface area contributed by atoms with E-state index >= 15 is 9.59 Å². The summed E-state index contributed by atoms with van der Waals surface area (Å²) in [6.07, 6.45) is 4.21. The number of carbonyl (C=O) groups is 4. The van der Waals surface area contributed by atoms with E-state index in [0.29, 0.717) is 42.2 Å². The fourth-order valence-corrected chi connectivity index (χ4v) is 10.1. The van der Waals surface area contributed by atoms with E-state index < -0.39 is 35.0 Å². The zero-order chi connectivity index (χ0) is 37.7. The first-order valence-electron chi connectivity index (χ1n) is 19.2. The van der Waals surface area contributed by atoms with E-state index in [1.807, 2.05) is 109 Å². The second-order valence-corrected chi connectivity index (χ2v) is 15.1. The number of allylic oxidation sites excluding steroid dienone is 4. The number of carbonyl (C=O) groups excluding carboxylic acids is 4. The highest BCUT2D eigenvalue weighted by Gasteiger charge is 2.66. The first kappa shape index (κ1) is 35.1. The minimum Gasteiger partial charge on any atom is -0.491 e. The van der Waals surface area contributed by atoms with Crippen LogP contribution in [-0.4, -0.2) is 68.0 Å². The maximum atomic E-state index is 15.2. The average molecular weight is 735 g/mol. The molecular formula is C46H42N2O7. The molecule has 0 spiro atoms. The van der Waals surface area contributed by atoms with Gasteiger partial charge in [-0.3, -0.25) is 24.1 Å². The van der Waals surface area contributed by atoms with Crippen molar-refractivity contribution < 1.29 is 33.8 Å². The predicted molar refractivity (Wildman–Crippen MR) is 208 cm³/mol. The van der Waals surface area contributed by atoms with Crippen molar-refractivity contribution in [2.75, 3.05) is 49.3 Å². The van der Waals surface area contributed by atoms with Crippen LogP contribution in [0.1, 0.15) is 35.4 Å². The molecule has 3 fully saturated rings. The molecule has 0 radical (unpaired) electrons. The van der Waals surface area contributed by atoms with Gasteiger partial charge in [-0.15, -0.1) is 0 Å². The number of aliphatic hydroxyl groups excluding tert-OH is 1. The molecular weight excluding hydrogens is 693 g/mol. The van der Waals surface area contributed by atoms with Gasteiger partial charge in [0.25, 0.3) is 0 Å². The van der Waals surface area contributed by atoms with Gasteiger partial charge in [-0.2, -0.15) is 0 Å². The van der Waals surface area contributed by atoms with E-state index in [9.17, 15) is 14.7 Å². The first-order valence-corrected chi connectivity index (χ1v) is 19.2. The van der Waals surface area contributed by atoms with E-state index in [-0.39, 0.29) is 43.0 Å². The molecule has 0 bridgehead atoms. The summed E-state index contributed by atoms with van der Waals surface area (Å²) in [6.45, 7) is 2.85. The number of anilines is 2. The Bertz CT molecular complexity index is 2190. The van der Waals surface area contributed by atoms with Crippen LogP contribution in [0.4, 0.5) is 11.4 Å². The number of fused-ring (bicyclic) bond motifs is 4. The molecule has 0 aromatic heterocycles. The van der Waals surface area contributed by atoms with E-state index in [1.165, 1.54) is 11.0 Å². The second kappa shape index (κ2) is 14.2. The van der Waals surface area contributed by atoms with E-state index in [1.54, 1.807) is 0 Å². The zero-order valence-electron chi connectivity index (χ0n) is 30.4. The lowest BCUT2D eigenvalue weighted by atomic mass is 9.44. The fourth-order valence-electron chi connectivity index (χ4n) is 10.1. The molecule has 2 aliphatic heterocycles. The van der Waals surface area contributed by atoms with Gasteiger partial charge in [-0.1, -0.05) is 84.4 Å². The molecule has 1 saturated carbocycles. The van der Waals surface area contributed by atoms with Crippen molar-refractivity contribution in [1.29, 1.82) is 0 Å². The Balaban J connectivity index is 1.17. The molecule has 1 N–H and O–H groups in total. The number of benzene rings is 4. The van der Waals surface area contributed by atoms with Gasteiger partial charge < -0.3 is 19.5 Å². The van der Waals surface area contributed by atoms with Gasteiger partial charge in [0.05, 0.1) is 42.8 Å². The van der Waals surface area contributed by atoms with Crippen LogP contribution >= 0.6 is 0 Å². The summed E-state index contributed by atoms with van der Waals surface area (Å²) in [7, 11) is 0. The molecule has 4 aromatic rings. The van der Waals surface area contributed by atoms with Crippen molar-refractivity contribution in [3.05, 3.63) is 144 Å². The largest absolute Gasteiger partial charge is 0.491 e. The zero-order valence-corrected chi connectivity index (χ0v) is 30.4. The molecule has 9 heteroatoms. The molecule has 2 heterocycles. The Hall–Kier alpha value is -5.64. The molecule has 2 saturated heterocycles. The lowest BCUT2D eigenvalue weighted by molar-refractivity contribution is -0.135. The molecule has 9 nitrogen and oxygen atoms in total. The number of hydrogen-bond acceptors (Lipinski definition) is 8. The van der Waals surface area contributed by atoms with Crippen molar-refractivity contribution in [1.82, 2.24) is 0 Å². The summed E-state index contributed by atoms with van der Waals surface area (Å²) in [5.74, 6) is -3.40. The number of nitrogens with zero attached hydrogens (tertiary/aromatic N) is 2. The van der Waals surface area contributed by atoms with Crippen LogP contribution in [0.2, 0.25) is 0 Å². The van der Waals surface area contributed by atoms with Gasteiger partial charge in [0.15, 0.2) is 11.6 Å². The molecule has 55 heavy (non-hydrogen) atoms. The average Bonchev–Trinajstić information content (AvgIpc) is 3.50. The van der Waals surface area contributed by atoms with Crippen LogP contribution in [-0.2, 0) is 29.3 Å². The summed E-state index contributed by atoms with van der Waals surface area (Å²) < 4.78 is 11.2. The standard InChI is InChI=1S/C46H42N2O7/c49-23-26-55-34-17-11-30(12-18-34)42-35-19-20-36-41(45(53)48(44(36)52)33-15-13-32(14-16-33)47-21-24-54-25-22-47)38(35)27-39-43(51)37(29-7-3-1-4-8-29)28-40(50)46(39,42)31-9-5-2-6-10-31/h1-19,28,36,38-39,41-42,49H,20-27H2. The van der Waals surface area contributed by atoms with Gasteiger partial charge in [0, 0.05) is 36.2 Å². The van der Waals surface area contributed by atoms with Gasteiger partial charge in [0.2, 0.25) is 11.8 Å². The van der Waals surface area contributed by atoms with Crippen molar-refractivity contribution in [2.24, 2.45) is 23.7 Å². The number of imide groups is 1. The van der Waals surface area contributed by atoms with E-state index in [0.717, 1.165) is 35.5 Å². The van der Waals surface area contributed by atoms with Crippen molar-refractivity contribution in [2.45, 2.75) is 24.2 Å². The molecule has 3 aliphatic carbocycles. The number of ketones is 2. The number of Topliss-reactive ketones (excluding diaryl/α,β-unsaturated/α-hetero) is 1. The van der Waals surface area contributed by atoms with E-state index in [2.05, 4.69) is 11.0 Å². The predicted octanol–water partition coefficient (Wildman–Crippen LogP) is 5.92. The SMILES string of the molecule is O=C1C(c2ccccc2)=CC(=O)C2(c3ccccc3)C1CC1C(=CCC3C(=O)N(c4ccc(N5CCOCC5)cc4)C(=O)C31)C2c1ccc(OCCO)cc1. The number of ether oxygens (including phenoxy) is 2. The Morgan fingerprint density at radius 2 is 1.44 bits per heavy atom. The maximum Gasteiger partial charge on any atom is 0.238 e. The van der Waals surface area contributed by atoms with Crippen LogP contribution in [0.25, 0.3) is 5.57 Å². The highest BCUT2D eigenvalue weighted by molar-refractivity contribution is 6.32. The minimum atomic E-state index is -1.31. The third-order valence-corrected chi connectivity index (χ3v) is 12.4. The molecule has 6 unspecified atom stereocenters. The topological polar surface area (TPSA) is 113 Å². The van der Waals surface area contributed by atoms with Crippen LogP contribution in [0.15, 0.2) is 127 Å². The van der Waals surface area contributed by atoms with Gasteiger partial charge in [0.1, 0.15) is 12.4 Å². The first-order chi connectivity index (χ1) is 26.9. The maximum absolute atomic E-state index is 15.2. The number of morpholine rings is 1. The molecule has 2 amide bonds. The number of aliphatic hydroxyl groups is 1. The molecule has 5 aliphatic rings. The Morgan fingerprint density at radius 1 is 0.764 bits per heavy atom. The molecule has 278 valence electrons. The Labute approximate surface area is 319 Å². The lowest BCUT2D eigenvalue weighted by Gasteiger charge is -2.55. The van der Waals surface area contributed by atoms with Gasteiger partial charge >= 0.3 is 0 Å².